The lowest BCUT2D eigenvalue weighted by Gasteiger charge is -2.19. The van der Waals surface area contributed by atoms with E-state index in [1.165, 1.54) is 5.56 Å². The lowest BCUT2D eigenvalue weighted by molar-refractivity contribution is 0.242. The van der Waals surface area contributed by atoms with Gasteiger partial charge in [-0.25, -0.2) is 9.98 Å². The molecule has 0 N–H and O–H groups in total. The molecule has 23 heavy (non-hydrogen) atoms. The first-order valence-corrected chi connectivity index (χ1v) is 7.68. The first kappa shape index (κ1) is 15.3. The molecule has 0 saturated heterocycles. The van der Waals surface area contributed by atoms with Crippen molar-refractivity contribution in [3.63, 3.8) is 0 Å². The van der Waals surface area contributed by atoms with Crippen LogP contribution in [0.1, 0.15) is 18.1 Å². The zero-order valence-electron chi connectivity index (χ0n) is 13.6. The number of ether oxygens (including phenoxy) is 2. The SMILES string of the molecule is CCc1ccc(C2=NC=NC3=CC(OC)=C(OC)C=CC32)cc1. The number of aliphatic imine (C=N–C) groups is 2. The molecular weight excluding hydrogens is 288 g/mol. The van der Waals surface area contributed by atoms with Gasteiger partial charge in [-0.1, -0.05) is 37.3 Å². The normalized spacial score (nSPS) is 19.7. The Morgan fingerprint density at radius 3 is 2.43 bits per heavy atom. The van der Waals surface area contributed by atoms with E-state index < -0.39 is 0 Å². The fourth-order valence-electron chi connectivity index (χ4n) is 2.74. The van der Waals surface area contributed by atoms with Crippen LogP contribution in [-0.4, -0.2) is 26.3 Å². The largest absolute Gasteiger partial charge is 0.493 e. The van der Waals surface area contributed by atoms with Gasteiger partial charge in [-0.15, -0.1) is 0 Å². The van der Waals surface area contributed by atoms with Gasteiger partial charge >= 0.3 is 0 Å². The van der Waals surface area contributed by atoms with Crippen molar-refractivity contribution in [1.29, 1.82) is 0 Å². The Labute approximate surface area is 136 Å². The summed E-state index contributed by atoms with van der Waals surface area (Å²) in [5.74, 6) is 1.34. The Morgan fingerprint density at radius 2 is 1.78 bits per heavy atom. The second-order valence-electron chi connectivity index (χ2n) is 5.35. The molecule has 0 amide bonds. The van der Waals surface area contributed by atoms with Crippen LogP contribution in [0.3, 0.4) is 0 Å². The third kappa shape index (κ3) is 2.97. The Morgan fingerprint density at radius 1 is 1.04 bits per heavy atom. The summed E-state index contributed by atoms with van der Waals surface area (Å²) in [6.45, 7) is 2.15. The molecule has 1 aliphatic heterocycles. The van der Waals surface area contributed by atoms with Crippen molar-refractivity contribution in [1.82, 2.24) is 0 Å². The number of hydrogen-bond acceptors (Lipinski definition) is 4. The quantitative estimate of drug-likeness (QED) is 0.852. The van der Waals surface area contributed by atoms with Crippen LogP contribution < -0.4 is 0 Å². The van der Waals surface area contributed by atoms with E-state index in [0.29, 0.717) is 11.5 Å². The van der Waals surface area contributed by atoms with Gasteiger partial charge in [-0.05, 0) is 23.6 Å². The Balaban J connectivity index is 2.00. The summed E-state index contributed by atoms with van der Waals surface area (Å²) in [6.07, 6.45) is 8.52. The van der Waals surface area contributed by atoms with E-state index in [1.807, 2.05) is 12.2 Å². The van der Waals surface area contributed by atoms with Crippen molar-refractivity contribution in [2.75, 3.05) is 14.2 Å². The van der Waals surface area contributed by atoms with E-state index in [9.17, 15) is 0 Å². The van der Waals surface area contributed by atoms with Crippen LogP contribution in [0, 0.1) is 5.92 Å². The molecule has 0 radical (unpaired) electrons. The lowest BCUT2D eigenvalue weighted by atomic mass is 9.92. The van der Waals surface area contributed by atoms with E-state index in [-0.39, 0.29) is 5.92 Å². The Kier molecular flexibility index (Phi) is 4.42. The second-order valence-corrected chi connectivity index (χ2v) is 5.35. The average molecular weight is 308 g/mol. The van der Waals surface area contributed by atoms with Crippen molar-refractivity contribution >= 4 is 12.1 Å². The number of aryl methyl sites for hydroxylation is 1. The topological polar surface area (TPSA) is 43.2 Å². The minimum atomic E-state index is -0.00900. The monoisotopic (exact) mass is 308 g/mol. The molecule has 1 aliphatic carbocycles. The van der Waals surface area contributed by atoms with Crippen LogP contribution in [0.25, 0.3) is 0 Å². The minimum Gasteiger partial charge on any atom is -0.493 e. The Bertz CT molecular complexity index is 737. The number of benzene rings is 1. The molecule has 1 unspecified atom stereocenters. The van der Waals surface area contributed by atoms with Crippen LogP contribution in [0.15, 0.2) is 69.7 Å². The van der Waals surface area contributed by atoms with Gasteiger partial charge < -0.3 is 9.47 Å². The highest BCUT2D eigenvalue weighted by Gasteiger charge is 2.25. The molecule has 0 saturated carbocycles. The van der Waals surface area contributed by atoms with Crippen molar-refractivity contribution in [2.24, 2.45) is 15.9 Å². The number of nitrogens with zero attached hydrogens (tertiary/aromatic N) is 2. The van der Waals surface area contributed by atoms with Gasteiger partial charge in [0.05, 0.1) is 31.5 Å². The van der Waals surface area contributed by atoms with Gasteiger partial charge in [0.15, 0.2) is 11.5 Å². The molecule has 1 aromatic rings. The zero-order chi connectivity index (χ0) is 16.2. The maximum absolute atomic E-state index is 5.41. The number of hydrogen-bond donors (Lipinski definition) is 0. The highest BCUT2D eigenvalue weighted by atomic mass is 16.5. The molecule has 0 aromatic heterocycles. The van der Waals surface area contributed by atoms with Gasteiger partial charge in [0.2, 0.25) is 0 Å². The lowest BCUT2D eigenvalue weighted by Crippen LogP contribution is -2.19. The fraction of sp³-hybridized carbons (Fsp3) is 0.263. The summed E-state index contributed by atoms with van der Waals surface area (Å²) in [7, 11) is 3.26. The van der Waals surface area contributed by atoms with E-state index in [1.54, 1.807) is 20.6 Å². The van der Waals surface area contributed by atoms with E-state index in [0.717, 1.165) is 23.4 Å². The number of rotatable bonds is 4. The van der Waals surface area contributed by atoms with Gasteiger partial charge in [-0.3, -0.25) is 0 Å². The van der Waals surface area contributed by atoms with Crippen molar-refractivity contribution < 1.29 is 9.47 Å². The van der Waals surface area contributed by atoms with Crippen molar-refractivity contribution in [3.8, 4) is 0 Å². The van der Waals surface area contributed by atoms with E-state index >= 15 is 0 Å². The molecule has 0 bridgehead atoms. The first-order valence-electron chi connectivity index (χ1n) is 7.68. The predicted octanol–water partition coefficient (Wildman–Crippen LogP) is 3.65. The molecule has 1 heterocycles. The maximum atomic E-state index is 5.41. The molecule has 2 aliphatic rings. The zero-order valence-corrected chi connectivity index (χ0v) is 13.6. The first-order chi connectivity index (χ1) is 11.3. The molecule has 4 heteroatoms. The molecular formula is C19H20N2O2. The summed E-state index contributed by atoms with van der Waals surface area (Å²) in [5.41, 5.74) is 4.30. The standard InChI is InChI=1S/C19H20N2O2/c1-4-13-5-7-14(8-6-13)19-15-9-10-17(22-2)18(23-3)11-16(15)20-12-21-19/h5-12,15H,4H2,1-3H3. The van der Waals surface area contributed by atoms with E-state index in [4.69, 9.17) is 9.47 Å². The highest BCUT2D eigenvalue weighted by molar-refractivity contribution is 6.09. The maximum Gasteiger partial charge on any atom is 0.162 e. The van der Waals surface area contributed by atoms with Gasteiger partial charge in [0, 0.05) is 6.08 Å². The van der Waals surface area contributed by atoms with Gasteiger partial charge in [0.25, 0.3) is 0 Å². The summed E-state index contributed by atoms with van der Waals surface area (Å²) >= 11 is 0. The van der Waals surface area contributed by atoms with Gasteiger partial charge in [0.1, 0.15) is 6.34 Å². The molecule has 1 aromatic carbocycles. The molecule has 0 fully saturated rings. The van der Waals surface area contributed by atoms with Crippen molar-refractivity contribution in [2.45, 2.75) is 13.3 Å². The van der Waals surface area contributed by atoms with E-state index in [2.05, 4.69) is 47.3 Å². The summed E-state index contributed by atoms with van der Waals surface area (Å²) < 4.78 is 10.8. The molecule has 4 nitrogen and oxygen atoms in total. The fourth-order valence-corrected chi connectivity index (χ4v) is 2.74. The number of methoxy groups -OCH3 is 2. The average Bonchev–Trinajstić information content (AvgIpc) is 2.80. The van der Waals surface area contributed by atoms with Crippen LogP contribution in [0.2, 0.25) is 0 Å². The summed E-state index contributed by atoms with van der Waals surface area (Å²) in [6, 6.07) is 8.53. The summed E-state index contributed by atoms with van der Waals surface area (Å²) in [4.78, 5) is 8.93. The number of fused-ring (bicyclic) bond motifs is 1. The molecule has 118 valence electrons. The molecule has 3 rings (SSSR count). The smallest absolute Gasteiger partial charge is 0.162 e. The second kappa shape index (κ2) is 6.65. The molecule has 0 spiro atoms. The predicted molar refractivity (Wildman–Crippen MR) is 92.6 cm³/mol. The minimum absolute atomic E-state index is 0.00900. The van der Waals surface area contributed by atoms with Crippen LogP contribution >= 0.6 is 0 Å². The third-order valence-electron chi connectivity index (χ3n) is 4.08. The van der Waals surface area contributed by atoms with Crippen molar-refractivity contribution in [3.05, 3.63) is 70.8 Å². The summed E-state index contributed by atoms with van der Waals surface area (Å²) in [5, 5.41) is 0. The third-order valence-corrected chi connectivity index (χ3v) is 4.08. The van der Waals surface area contributed by atoms with Gasteiger partial charge in [-0.2, -0.15) is 0 Å². The van der Waals surface area contributed by atoms with Crippen LogP contribution in [-0.2, 0) is 15.9 Å². The molecule has 1 atom stereocenters. The number of allylic oxidation sites excluding steroid dienone is 3. The Hall–Kier alpha value is -2.62. The van der Waals surface area contributed by atoms with Crippen LogP contribution in [0.4, 0.5) is 0 Å². The highest BCUT2D eigenvalue weighted by Crippen LogP contribution is 2.29. The van der Waals surface area contributed by atoms with Crippen LogP contribution in [0.5, 0.6) is 0 Å².